The molecule has 0 bridgehead atoms. The summed E-state index contributed by atoms with van der Waals surface area (Å²) in [5.74, 6) is 1.88. The lowest BCUT2D eigenvalue weighted by Gasteiger charge is -2.33. The normalized spacial score (nSPS) is 15.2. The van der Waals surface area contributed by atoms with Crippen LogP contribution >= 0.6 is 35.3 Å². The van der Waals surface area contributed by atoms with E-state index in [0.717, 1.165) is 57.5 Å². The van der Waals surface area contributed by atoms with Gasteiger partial charge in [0.1, 0.15) is 5.82 Å². The van der Waals surface area contributed by atoms with Crippen molar-refractivity contribution in [3.8, 4) is 0 Å². The third-order valence-electron chi connectivity index (χ3n) is 4.82. The molecular formula is C20H31IN6S. The van der Waals surface area contributed by atoms with Crippen molar-refractivity contribution in [1.82, 2.24) is 20.5 Å². The number of halogens is 1. The number of nitrogens with zero attached hydrogens (tertiary/aromatic N) is 4. The van der Waals surface area contributed by atoms with Crippen molar-refractivity contribution in [3.63, 3.8) is 0 Å². The molecule has 0 atom stereocenters. The molecule has 0 saturated carbocycles. The lowest BCUT2D eigenvalue weighted by atomic mass is 10.2. The second-order valence-corrected chi connectivity index (χ2v) is 8.07. The number of likely N-dealkylation sites (N-methyl/N-ethyl adjacent to an activating group) is 1. The van der Waals surface area contributed by atoms with Crippen LogP contribution in [0, 0.1) is 0 Å². The van der Waals surface area contributed by atoms with Gasteiger partial charge >= 0.3 is 0 Å². The molecule has 2 aromatic heterocycles. The maximum absolute atomic E-state index is 4.56. The van der Waals surface area contributed by atoms with E-state index in [-0.39, 0.29) is 24.0 Å². The Balaban J connectivity index is 0.00000280. The molecule has 6 nitrogen and oxygen atoms in total. The first-order valence-electron chi connectivity index (χ1n) is 9.58. The predicted molar refractivity (Wildman–Crippen MR) is 130 cm³/mol. The standard InChI is InChI=1S/C20H30N6S.HI/c1-4-17-5-6-18(27-17)15-24-20(21-2)23-14-16-7-8-22-19(13-16)26-11-9-25(3)10-12-26;/h5-8,13H,4,9-12,14-15H2,1-3H3,(H2,21,23,24);1H. The second-order valence-electron chi connectivity index (χ2n) is 6.81. The van der Waals surface area contributed by atoms with Gasteiger partial charge in [-0.25, -0.2) is 4.98 Å². The fourth-order valence-electron chi connectivity index (χ4n) is 3.06. The highest BCUT2D eigenvalue weighted by Crippen LogP contribution is 2.17. The zero-order chi connectivity index (χ0) is 19.1. The van der Waals surface area contributed by atoms with Crippen LogP contribution < -0.4 is 15.5 Å². The van der Waals surface area contributed by atoms with Crippen LogP contribution in [0.3, 0.4) is 0 Å². The highest BCUT2D eigenvalue weighted by atomic mass is 127. The number of aliphatic imine (C=N–C) groups is 1. The predicted octanol–water partition coefficient (Wildman–Crippen LogP) is 2.94. The Morgan fingerprint density at radius 2 is 1.82 bits per heavy atom. The van der Waals surface area contributed by atoms with Crippen LogP contribution in [0.1, 0.15) is 22.2 Å². The summed E-state index contributed by atoms with van der Waals surface area (Å²) in [4.78, 5) is 16.4. The molecule has 2 N–H and O–H groups in total. The van der Waals surface area contributed by atoms with Gasteiger partial charge in [0.05, 0.1) is 6.54 Å². The number of rotatable bonds is 6. The van der Waals surface area contributed by atoms with Crippen molar-refractivity contribution >= 4 is 47.1 Å². The fraction of sp³-hybridized carbons (Fsp3) is 0.500. The Bertz CT molecular complexity index is 755. The summed E-state index contributed by atoms with van der Waals surface area (Å²) in [7, 11) is 3.98. The quantitative estimate of drug-likeness (QED) is 0.353. The topological polar surface area (TPSA) is 55.8 Å². The van der Waals surface area contributed by atoms with Crippen LogP contribution in [-0.2, 0) is 19.5 Å². The Labute approximate surface area is 189 Å². The third kappa shape index (κ3) is 6.59. The number of nitrogens with one attached hydrogen (secondary N) is 2. The summed E-state index contributed by atoms with van der Waals surface area (Å²) in [6.45, 7) is 7.95. The summed E-state index contributed by atoms with van der Waals surface area (Å²) in [6, 6.07) is 8.63. The smallest absolute Gasteiger partial charge is 0.191 e. The summed E-state index contributed by atoms with van der Waals surface area (Å²) in [5, 5.41) is 6.80. The van der Waals surface area contributed by atoms with E-state index >= 15 is 0 Å². The summed E-state index contributed by atoms with van der Waals surface area (Å²) in [5.41, 5.74) is 1.21. The molecule has 0 unspecified atom stereocenters. The molecule has 1 saturated heterocycles. The molecule has 0 amide bonds. The molecule has 8 heteroatoms. The van der Waals surface area contributed by atoms with Gasteiger partial charge in [0.2, 0.25) is 0 Å². The van der Waals surface area contributed by atoms with Gasteiger partial charge in [0.15, 0.2) is 5.96 Å². The lowest BCUT2D eigenvalue weighted by molar-refractivity contribution is 0.312. The zero-order valence-corrected chi connectivity index (χ0v) is 20.1. The Morgan fingerprint density at radius 3 is 2.50 bits per heavy atom. The highest BCUT2D eigenvalue weighted by molar-refractivity contribution is 14.0. The average Bonchev–Trinajstić information content (AvgIpc) is 3.17. The van der Waals surface area contributed by atoms with Gasteiger partial charge in [-0.3, -0.25) is 4.99 Å². The molecule has 0 aromatic carbocycles. The number of pyridine rings is 1. The molecular weight excluding hydrogens is 483 g/mol. The molecule has 0 aliphatic carbocycles. The van der Waals surface area contributed by atoms with E-state index in [4.69, 9.17) is 0 Å². The number of aromatic nitrogens is 1. The molecule has 2 aromatic rings. The van der Waals surface area contributed by atoms with Gasteiger partial charge in [-0.15, -0.1) is 35.3 Å². The minimum absolute atomic E-state index is 0. The Hall–Kier alpha value is -1.39. The monoisotopic (exact) mass is 514 g/mol. The molecule has 0 spiro atoms. The Kier molecular flexibility index (Phi) is 9.46. The maximum Gasteiger partial charge on any atom is 0.191 e. The molecule has 1 aliphatic rings. The van der Waals surface area contributed by atoms with Crippen LogP contribution in [0.4, 0.5) is 5.82 Å². The number of piperazine rings is 1. The van der Waals surface area contributed by atoms with Gasteiger partial charge in [0.25, 0.3) is 0 Å². The van der Waals surface area contributed by atoms with E-state index in [1.165, 1.54) is 15.3 Å². The fourth-order valence-corrected chi connectivity index (χ4v) is 3.96. The summed E-state index contributed by atoms with van der Waals surface area (Å²) < 4.78 is 0. The van der Waals surface area contributed by atoms with E-state index in [2.05, 4.69) is 68.6 Å². The number of anilines is 1. The molecule has 154 valence electrons. The number of hydrogen-bond donors (Lipinski definition) is 2. The number of thiophene rings is 1. The van der Waals surface area contributed by atoms with Gasteiger partial charge < -0.3 is 20.4 Å². The number of guanidine groups is 1. The Morgan fingerprint density at radius 1 is 1.11 bits per heavy atom. The van der Waals surface area contributed by atoms with Crippen LogP contribution in [0.5, 0.6) is 0 Å². The summed E-state index contributed by atoms with van der Waals surface area (Å²) >= 11 is 1.86. The zero-order valence-electron chi connectivity index (χ0n) is 16.9. The van der Waals surface area contributed by atoms with Crippen LogP contribution in [0.2, 0.25) is 0 Å². The second kappa shape index (κ2) is 11.6. The third-order valence-corrected chi connectivity index (χ3v) is 6.05. The first-order chi connectivity index (χ1) is 13.2. The van der Waals surface area contributed by atoms with E-state index < -0.39 is 0 Å². The average molecular weight is 514 g/mol. The lowest BCUT2D eigenvalue weighted by Crippen LogP contribution is -2.44. The highest BCUT2D eigenvalue weighted by Gasteiger charge is 2.15. The molecule has 3 rings (SSSR count). The van der Waals surface area contributed by atoms with E-state index in [1.807, 2.05) is 24.6 Å². The first-order valence-corrected chi connectivity index (χ1v) is 10.4. The van der Waals surface area contributed by atoms with Crippen molar-refractivity contribution in [1.29, 1.82) is 0 Å². The largest absolute Gasteiger partial charge is 0.354 e. The van der Waals surface area contributed by atoms with Crippen molar-refractivity contribution in [2.75, 3.05) is 45.2 Å². The van der Waals surface area contributed by atoms with Crippen LogP contribution in [0.25, 0.3) is 0 Å². The van der Waals surface area contributed by atoms with Crippen molar-refractivity contribution in [3.05, 3.63) is 45.8 Å². The molecule has 0 radical (unpaired) electrons. The van der Waals surface area contributed by atoms with Crippen LogP contribution in [0.15, 0.2) is 35.5 Å². The minimum atomic E-state index is 0. The summed E-state index contributed by atoms with van der Waals surface area (Å²) in [6.07, 6.45) is 2.99. The van der Waals surface area contributed by atoms with Gasteiger partial charge in [-0.1, -0.05) is 6.92 Å². The van der Waals surface area contributed by atoms with Crippen LogP contribution in [-0.4, -0.2) is 56.1 Å². The van der Waals surface area contributed by atoms with Crippen molar-refractivity contribution in [2.45, 2.75) is 26.4 Å². The maximum atomic E-state index is 4.56. The van der Waals surface area contributed by atoms with Gasteiger partial charge in [-0.2, -0.15) is 0 Å². The van der Waals surface area contributed by atoms with E-state index in [1.54, 1.807) is 0 Å². The SMILES string of the molecule is CCc1ccc(CNC(=NC)NCc2ccnc(N3CCN(C)CC3)c2)s1.I. The van der Waals surface area contributed by atoms with Crippen molar-refractivity contribution < 1.29 is 0 Å². The molecule has 28 heavy (non-hydrogen) atoms. The number of hydrogen-bond acceptors (Lipinski definition) is 5. The first kappa shape index (κ1) is 22.9. The molecule has 1 aliphatic heterocycles. The molecule has 3 heterocycles. The van der Waals surface area contributed by atoms with Crippen molar-refractivity contribution in [2.24, 2.45) is 4.99 Å². The van der Waals surface area contributed by atoms with Gasteiger partial charge in [0, 0.05) is 55.7 Å². The van der Waals surface area contributed by atoms with E-state index in [9.17, 15) is 0 Å². The molecule has 1 fully saturated rings. The minimum Gasteiger partial charge on any atom is -0.354 e. The van der Waals surface area contributed by atoms with Gasteiger partial charge in [-0.05, 0) is 43.3 Å². The van der Waals surface area contributed by atoms with E-state index in [0.29, 0.717) is 0 Å². The number of aryl methyl sites for hydroxylation is 1.